The smallest absolute Gasteiger partial charge is 0.136 e. The highest BCUT2D eigenvalue weighted by Crippen LogP contribution is 2.25. The van der Waals surface area contributed by atoms with Gasteiger partial charge >= 0.3 is 0 Å². The molecule has 0 spiro atoms. The topological polar surface area (TPSA) is 49.8 Å². The first-order valence-electron chi connectivity index (χ1n) is 8.57. The molecule has 0 unspecified atom stereocenters. The van der Waals surface area contributed by atoms with Gasteiger partial charge in [-0.2, -0.15) is 0 Å². The molecule has 1 saturated carbocycles. The molecule has 1 aromatic heterocycles. The van der Waals surface area contributed by atoms with Gasteiger partial charge in [-0.05, 0) is 50.8 Å². The zero-order valence-corrected chi connectivity index (χ0v) is 14.3. The van der Waals surface area contributed by atoms with E-state index in [0.29, 0.717) is 6.04 Å². The third-order valence-corrected chi connectivity index (χ3v) is 4.66. The summed E-state index contributed by atoms with van der Waals surface area (Å²) in [6, 6.07) is 8.85. The SMILES string of the molecule is Cc1nc(Nc2cccc(C)c2C)cc(NC2CCCCC2)n1. The van der Waals surface area contributed by atoms with E-state index in [0.717, 1.165) is 23.1 Å². The Morgan fingerprint density at radius 1 is 0.957 bits per heavy atom. The summed E-state index contributed by atoms with van der Waals surface area (Å²) in [6.45, 7) is 6.20. The maximum atomic E-state index is 4.55. The number of nitrogens with one attached hydrogen (secondary N) is 2. The lowest BCUT2D eigenvalue weighted by molar-refractivity contribution is 0.462. The quantitative estimate of drug-likeness (QED) is 0.844. The van der Waals surface area contributed by atoms with Crippen LogP contribution in [0.5, 0.6) is 0 Å². The van der Waals surface area contributed by atoms with Crippen molar-refractivity contribution in [1.82, 2.24) is 9.97 Å². The number of rotatable bonds is 4. The molecule has 1 aliphatic carbocycles. The Labute approximate surface area is 138 Å². The first-order valence-corrected chi connectivity index (χ1v) is 8.57. The number of hydrogen-bond donors (Lipinski definition) is 2. The maximum absolute atomic E-state index is 4.55. The zero-order chi connectivity index (χ0) is 16.2. The highest BCUT2D eigenvalue weighted by molar-refractivity contribution is 5.63. The molecule has 122 valence electrons. The van der Waals surface area contributed by atoms with Crippen molar-refractivity contribution in [2.24, 2.45) is 0 Å². The van der Waals surface area contributed by atoms with Gasteiger partial charge in [0.2, 0.25) is 0 Å². The molecular weight excluding hydrogens is 284 g/mol. The van der Waals surface area contributed by atoms with Crippen molar-refractivity contribution in [3.8, 4) is 0 Å². The fourth-order valence-corrected chi connectivity index (χ4v) is 3.19. The van der Waals surface area contributed by atoms with Gasteiger partial charge in [-0.25, -0.2) is 9.97 Å². The Hall–Kier alpha value is -2.10. The number of aryl methyl sites for hydroxylation is 2. The van der Waals surface area contributed by atoms with Gasteiger partial charge in [0.25, 0.3) is 0 Å². The lowest BCUT2D eigenvalue weighted by atomic mass is 9.95. The van der Waals surface area contributed by atoms with Crippen LogP contribution >= 0.6 is 0 Å². The molecule has 2 N–H and O–H groups in total. The van der Waals surface area contributed by atoms with E-state index >= 15 is 0 Å². The molecule has 3 rings (SSSR count). The molecule has 1 fully saturated rings. The Morgan fingerprint density at radius 2 is 1.70 bits per heavy atom. The Bertz CT molecular complexity index is 675. The number of nitrogens with zero attached hydrogens (tertiary/aromatic N) is 2. The minimum atomic E-state index is 0.548. The summed E-state index contributed by atoms with van der Waals surface area (Å²) in [6.07, 6.45) is 6.47. The van der Waals surface area contributed by atoms with Crippen molar-refractivity contribution in [3.05, 3.63) is 41.2 Å². The summed E-state index contributed by atoms with van der Waals surface area (Å²) in [5.74, 6) is 2.57. The minimum absolute atomic E-state index is 0.548. The van der Waals surface area contributed by atoms with Gasteiger partial charge in [-0.1, -0.05) is 31.4 Å². The van der Waals surface area contributed by atoms with E-state index in [9.17, 15) is 0 Å². The van der Waals surface area contributed by atoms with Crippen LogP contribution in [0.3, 0.4) is 0 Å². The van der Waals surface area contributed by atoms with Crippen molar-refractivity contribution in [2.45, 2.75) is 58.9 Å². The maximum Gasteiger partial charge on any atom is 0.136 e. The van der Waals surface area contributed by atoms with Gasteiger partial charge in [-0.15, -0.1) is 0 Å². The third kappa shape index (κ3) is 4.01. The molecule has 0 radical (unpaired) electrons. The molecule has 4 heteroatoms. The van der Waals surface area contributed by atoms with Crippen LogP contribution < -0.4 is 10.6 Å². The van der Waals surface area contributed by atoms with Crippen LogP contribution in [0, 0.1) is 20.8 Å². The highest BCUT2D eigenvalue weighted by atomic mass is 15.1. The minimum Gasteiger partial charge on any atom is -0.367 e. The molecule has 1 aromatic carbocycles. The fraction of sp³-hybridized carbons (Fsp3) is 0.474. The number of anilines is 3. The number of aromatic nitrogens is 2. The van der Waals surface area contributed by atoms with E-state index in [1.54, 1.807) is 0 Å². The lowest BCUT2D eigenvalue weighted by Crippen LogP contribution is -2.23. The van der Waals surface area contributed by atoms with Crippen LogP contribution in [-0.4, -0.2) is 16.0 Å². The van der Waals surface area contributed by atoms with Crippen LogP contribution in [0.4, 0.5) is 17.3 Å². The molecular formula is C19H26N4. The first kappa shape index (κ1) is 15.8. The van der Waals surface area contributed by atoms with E-state index in [1.165, 1.54) is 43.2 Å². The van der Waals surface area contributed by atoms with Crippen LogP contribution in [0.15, 0.2) is 24.3 Å². The predicted octanol–water partition coefficient (Wildman–Crippen LogP) is 4.89. The Kier molecular flexibility index (Phi) is 4.79. The zero-order valence-electron chi connectivity index (χ0n) is 14.3. The average Bonchev–Trinajstić information content (AvgIpc) is 2.52. The first-order chi connectivity index (χ1) is 11.1. The van der Waals surface area contributed by atoms with Gasteiger partial charge in [0.15, 0.2) is 0 Å². The summed E-state index contributed by atoms with van der Waals surface area (Å²) < 4.78 is 0. The molecule has 0 aliphatic heterocycles. The molecule has 4 nitrogen and oxygen atoms in total. The van der Waals surface area contributed by atoms with Gasteiger partial charge < -0.3 is 10.6 Å². The molecule has 0 amide bonds. The second-order valence-electron chi connectivity index (χ2n) is 6.54. The van der Waals surface area contributed by atoms with E-state index in [4.69, 9.17) is 0 Å². The van der Waals surface area contributed by atoms with Crippen LogP contribution in [0.2, 0.25) is 0 Å². The molecule has 23 heavy (non-hydrogen) atoms. The highest BCUT2D eigenvalue weighted by Gasteiger charge is 2.14. The monoisotopic (exact) mass is 310 g/mol. The van der Waals surface area contributed by atoms with Crippen LogP contribution in [0.1, 0.15) is 49.1 Å². The molecule has 0 saturated heterocycles. The van der Waals surface area contributed by atoms with Crippen molar-refractivity contribution in [3.63, 3.8) is 0 Å². The number of hydrogen-bond acceptors (Lipinski definition) is 4. The Morgan fingerprint density at radius 3 is 2.48 bits per heavy atom. The molecule has 0 atom stereocenters. The van der Waals surface area contributed by atoms with Gasteiger partial charge in [0.05, 0.1) is 0 Å². The van der Waals surface area contributed by atoms with E-state index in [1.807, 2.05) is 13.0 Å². The van der Waals surface area contributed by atoms with Crippen molar-refractivity contribution in [1.29, 1.82) is 0 Å². The Balaban J connectivity index is 1.78. The summed E-state index contributed by atoms with van der Waals surface area (Å²) in [7, 11) is 0. The van der Waals surface area contributed by atoms with E-state index in [-0.39, 0.29) is 0 Å². The second kappa shape index (κ2) is 6.99. The fourth-order valence-electron chi connectivity index (χ4n) is 3.19. The standard InChI is InChI=1S/C19H26N4/c1-13-8-7-11-17(14(13)2)23-19-12-18(20-15(3)21-19)22-16-9-5-4-6-10-16/h7-8,11-12,16H,4-6,9-10H2,1-3H3,(H2,20,21,22,23). The largest absolute Gasteiger partial charge is 0.367 e. The lowest BCUT2D eigenvalue weighted by Gasteiger charge is -2.23. The average molecular weight is 310 g/mol. The third-order valence-electron chi connectivity index (χ3n) is 4.66. The summed E-state index contributed by atoms with van der Waals surface area (Å²) in [5, 5.41) is 7.02. The van der Waals surface area contributed by atoms with Gasteiger partial charge in [-0.3, -0.25) is 0 Å². The van der Waals surface area contributed by atoms with Gasteiger partial charge in [0, 0.05) is 17.8 Å². The van der Waals surface area contributed by atoms with Crippen molar-refractivity contribution >= 4 is 17.3 Å². The summed E-state index contributed by atoms with van der Waals surface area (Å²) in [5.41, 5.74) is 3.64. The van der Waals surface area contributed by atoms with E-state index < -0.39 is 0 Å². The van der Waals surface area contributed by atoms with E-state index in [2.05, 4.69) is 52.6 Å². The molecule has 2 aromatic rings. The number of benzene rings is 1. The van der Waals surface area contributed by atoms with Crippen LogP contribution in [-0.2, 0) is 0 Å². The van der Waals surface area contributed by atoms with Crippen molar-refractivity contribution < 1.29 is 0 Å². The summed E-state index contributed by atoms with van der Waals surface area (Å²) >= 11 is 0. The second-order valence-corrected chi connectivity index (χ2v) is 6.54. The molecule has 1 aliphatic rings. The summed E-state index contributed by atoms with van der Waals surface area (Å²) in [4.78, 5) is 9.08. The molecule has 1 heterocycles. The normalized spacial score (nSPS) is 15.4. The predicted molar refractivity (Wildman–Crippen MR) is 96.5 cm³/mol. The van der Waals surface area contributed by atoms with Crippen molar-refractivity contribution in [2.75, 3.05) is 10.6 Å². The molecule has 0 bridgehead atoms. The van der Waals surface area contributed by atoms with Gasteiger partial charge in [0.1, 0.15) is 17.5 Å². The van der Waals surface area contributed by atoms with Crippen LogP contribution in [0.25, 0.3) is 0 Å².